The number of methoxy groups -OCH3 is 2. The van der Waals surface area contributed by atoms with Crippen LogP contribution in [0.4, 0.5) is 0 Å². The van der Waals surface area contributed by atoms with Crippen molar-refractivity contribution in [3.63, 3.8) is 0 Å². The van der Waals surface area contributed by atoms with E-state index in [9.17, 15) is 14.7 Å². The molecule has 0 saturated carbocycles. The van der Waals surface area contributed by atoms with Crippen LogP contribution in [0.15, 0.2) is 42.5 Å². The number of aromatic nitrogens is 1. The Kier molecular flexibility index (Phi) is 5.03. The number of carbonyl (C=O) groups is 2. The van der Waals surface area contributed by atoms with Gasteiger partial charge in [-0.1, -0.05) is 12.1 Å². The summed E-state index contributed by atoms with van der Waals surface area (Å²) in [7, 11) is 4.86. The molecule has 27 heavy (non-hydrogen) atoms. The van der Waals surface area contributed by atoms with Crippen LogP contribution in [0.3, 0.4) is 0 Å². The van der Waals surface area contributed by atoms with E-state index in [0.717, 1.165) is 10.9 Å². The predicted molar refractivity (Wildman–Crippen MR) is 101 cm³/mol. The number of phenols is 1. The van der Waals surface area contributed by atoms with Crippen molar-refractivity contribution in [2.45, 2.75) is 0 Å². The highest BCUT2D eigenvalue weighted by Crippen LogP contribution is 2.33. The van der Waals surface area contributed by atoms with Gasteiger partial charge < -0.3 is 24.5 Å². The van der Waals surface area contributed by atoms with Gasteiger partial charge in [0.1, 0.15) is 11.4 Å². The largest absolute Gasteiger partial charge is 0.508 e. The van der Waals surface area contributed by atoms with Crippen molar-refractivity contribution in [3.8, 4) is 17.2 Å². The Morgan fingerprint density at radius 2 is 1.78 bits per heavy atom. The van der Waals surface area contributed by atoms with E-state index in [1.807, 2.05) is 0 Å². The van der Waals surface area contributed by atoms with Crippen LogP contribution in [-0.4, -0.2) is 42.1 Å². The van der Waals surface area contributed by atoms with E-state index < -0.39 is 0 Å². The van der Waals surface area contributed by atoms with Gasteiger partial charge in [-0.2, -0.15) is 0 Å². The van der Waals surface area contributed by atoms with Gasteiger partial charge in [-0.3, -0.25) is 9.59 Å². The van der Waals surface area contributed by atoms with Gasteiger partial charge >= 0.3 is 0 Å². The number of carbonyl (C=O) groups excluding carboxylic acids is 2. The second-order valence-electron chi connectivity index (χ2n) is 6.01. The first-order chi connectivity index (χ1) is 12.9. The maximum atomic E-state index is 12.6. The number of ketones is 1. The van der Waals surface area contributed by atoms with Gasteiger partial charge in [0.25, 0.3) is 5.91 Å². The minimum atomic E-state index is -0.375. The maximum Gasteiger partial charge on any atom is 0.268 e. The molecule has 1 amide bonds. The van der Waals surface area contributed by atoms with Crippen molar-refractivity contribution in [1.82, 2.24) is 9.88 Å². The zero-order chi connectivity index (χ0) is 19.6. The Bertz CT molecular complexity index is 1020. The molecule has 1 aromatic heterocycles. The minimum absolute atomic E-state index is 0.00348. The normalized spacial score (nSPS) is 10.6. The molecule has 140 valence electrons. The number of rotatable bonds is 6. The number of hydrogen-bond donors (Lipinski definition) is 2. The maximum absolute atomic E-state index is 12.6. The van der Waals surface area contributed by atoms with E-state index >= 15 is 0 Å². The van der Waals surface area contributed by atoms with E-state index in [4.69, 9.17) is 9.47 Å². The number of aromatic hydroxyl groups is 1. The van der Waals surface area contributed by atoms with Crippen LogP contribution in [-0.2, 0) is 7.05 Å². The average Bonchev–Trinajstić information content (AvgIpc) is 3.00. The van der Waals surface area contributed by atoms with Crippen LogP contribution in [0, 0.1) is 0 Å². The summed E-state index contributed by atoms with van der Waals surface area (Å²) in [5.74, 6) is 0.476. The molecule has 0 fully saturated rings. The van der Waals surface area contributed by atoms with Gasteiger partial charge in [-0.15, -0.1) is 0 Å². The second kappa shape index (κ2) is 7.41. The number of amides is 1. The van der Waals surface area contributed by atoms with Gasteiger partial charge in [0.2, 0.25) is 0 Å². The summed E-state index contributed by atoms with van der Waals surface area (Å²) >= 11 is 0. The number of nitrogens with one attached hydrogen (secondary N) is 1. The highest BCUT2D eigenvalue weighted by molar-refractivity contribution is 6.03. The van der Waals surface area contributed by atoms with Crippen LogP contribution >= 0.6 is 0 Å². The number of phenolic OH excluding ortho intramolecular Hbond substituents is 1. The molecule has 7 nitrogen and oxygen atoms in total. The fraction of sp³-hybridized carbons (Fsp3) is 0.200. The number of aryl methyl sites for hydroxylation is 1. The van der Waals surface area contributed by atoms with E-state index in [1.54, 1.807) is 56.2 Å². The molecule has 2 aromatic carbocycles. The summed E-state index contributed by atoms with van der Waals surface area (Å²) in [6.45, 7) is -0.170. The molecule has 3 rings (SSSR count). The van der Waals surface area contributed by atoms with E-state index in [0.29, 0.717) is 22.8 Å². The van der Waals surface area contributed by atoms with E-state index in [2.05, 4.69) is 5.32 Å². The number of hydrogen-bond acceptors (Lipinski definition) is 5. The SMILES string of the molecule is COc1cc2cc(C(=O)NCC(=O)c3cccc(O)c3)n(C)c2cc1OC. The topological polar surface area (TPSA) is 89.8 Å². The van der Waals surface area contributed by atoms with Gasteiger partial charge in [0.05, 0.1) is 26.3 Å². The van der Waals surface area contributed by atoms with Crippen molar-refractivity contribution in [1.29, 1.82) is 0 Å². The molecule has 0 unspecified atom stereocenters. The third-order valence-electron chi connectivity index (χ3n) is 4.36. The van der Waals surface area contributed by atoms with Gasteiger partial charge in [0, 0.05) is 24.1 Å². The lowest BCUT2D eigenvalue weighted by molar-refractivity contribution is 0.0899. The Balaban J connectivity index is 1.81. The predicted octanol–water partition coefficient (Wildman–Crippen LogP) is 2.51. The minimum Gasteiger partial charge on any atom is -0.508 e. The highest BCUT2D eigenvalue weighted by atomic mass is 16.5. The highest BCUT2D eigenvalue weighted by Gasteiger charge is 2.17. The van der Waals surface area contributed by atoms with E-state index in [1.165, 1.54) is 12.1 Å². The number of ether oxygens (including phenoxy) is 2. The molecular weight excluding hydrogens is 348 g/mol. The Morgan fingerprint density at radius 3 is 2.44 bits per heavy atom. The zero-order valence-electron chi connectivity index (χ0n) is 15.3. The standard InChI is InChI=1S/C20H20N2O5/c1-22-15-10-19(27-3)18(26-2)9-13(15)8-16(22)20(25)21-11-17(24)12-5-4-6-14(23)7-12/h4-10,23H,11H2,1-3H3,(H,21,25). The molecule has 2 N–H and O–H groups in total. The molecule has 0 saturated heterocycles. The first-order valence-electron chi connectivity index (χ1n) is 8.26. The molecule has 0 spiro atoms. The molecule has 1 heterocycles. The first-order valence-corrected chi connectivity index (χ1v) is 8.26. The molecule has 0 aliphatic heterocycles. The molecule has 0 radical (unpaired) electrons. The summed E-state index contributed by atoms with van der Waals surface area (Å²) in [5, 5.41) is 12.9. The fourth-order valence-electron chi connectivity index (χ4n) is 2.91. The first kappa shape index (κ1) is 18.3. The lowest BCUT2D eigenvalue weighted by Gasteiger charge is -2.09. The number of fused-ring (bicyclic) bond motifs is 1. The summed E-state index contributed by atoms with van der Waals surface area (Å²) in [6, 6.07) is 11.3. The Labute approximate surface area is 156 Å². The monoisotopic (exact) mass is 368 g/mol. The summed E-state index contributed by atoms with van der Waals surface area (Å²) < 4.78 is 12.3. The van der Waals surface area contributed by atoms with Crippen LogP contribution in [0.5, 0.6) is 17.2 Å². The molecule has 0 aliphatic carbocycles. The van der Waals surface area contributed by atoms with Crippen molar-refractivity contribution < 1.29 is 24.2 Å². The van der Waals surface area contributed by atoms with E-state index in [-0.39, 0.29) is 24.0 Å². The molecule has 3 aromatic rings. The van der Waals surface area contributed by atoms with Crippen LogP contribution in [0.25, 0.3) is 10.9 Å². The summed E-state index contributed by atoms with van der Waals surface area (Å²) in [4.78, 5) is 24.7. The van der Waals surface area contributed by atoms with Crippen LogP contribution in [0.1, 0.15) is 20.8 Å². The lowest BCUT2D eigenvalue weighted by Crippen LogP contribution is -2.30. The quantitative estimate of drug-likeness (QED) is 0.653. The van der Waals surface area contributed by atoms with Crippen molar-refractivity contribution >= 4 is 22.6 Å². The Hall–Kier alpha value is -3.48. The molecule has 7 heteroatoms. The Morgan fingerprint density at radius 1 is 1.07 bits per heavy atom. The second-order valence-corrected chi connectivity index (χ2v) is 6.01. The summed E-state index contributed by atoms with van der Waals surface area (Å²) in [5.41, 5.74) is 1.54. The smallest absolute Gasteiger partial charge is 0.268 e. The van der Waals surface area contributed by atoms with Gasteiger partial charge in [-0.25, -0.2) is 0 Å². The fourth-order valence-corrected chi connectivity index (χ4v) is 2.91. The third-order valence-corrected chi connectivity index (χ3v) is 4.36. The molecule has 0 atom stereocenters. The van der Waals surface area contributed by atoms with Crippen LogP contribution < -0.4 is 14.8 Å². The zero-order valence-corrected chi connectivity index (χ0v) is 15.3. The van der Waals surface area contributed by atoms with Crippen molar-refractivity contribution in [2.75, 3.05) is 20.8 Å². The third kappa shape index (κ3) is 3.57. The van der Waals surface area contributed by atoms with Crippen molar-refractivity contribution in [2.24, 2.45) is 7.05 Å². The molecule has 0 aliphatic rings. The molecular formula is C20H20N2O5. The number of benzene rings is 2. The summed E-state index contributed by atoms with van der Waals surface area (Å²) in [6.07, 6.45) is 0. The lowest BCUT2D eigenvalue weighted by atomic mass is 10.1. The van der Waals surface area contributed by atoms with Crippen molar-refractivity contribution in [3.05, 3.63) is 53.7 Å². The molecule has 0 bridgehead atoms. The van der Waals surface area contributed by atoms with Gasteiger partial charge in [0.15, 0.2) is 17.3 Å². The van der Waals surface area contributed by atoms with Crippen LogP contribution in [0.2, 0.25) is 0 Å². The average molecular weight is 368 g/mol. The number of Topliss-reactive ketones (excluding diaryl/α,β-unsaturated/α-hetero) is 1. The van der Waals surface area contributed by atoms with Gasteiger partial charge in [-0.05, 0) is 24.3 Å². The number of nitrogens with zero attached hydrogens (tertiary/aromatic N) is 1.